The number of nitrogens with two attached hydrogens (primary N) is 1. The Morgan fingerprint density at radius 2 is 1.95 bits per heavy atom. The van der Waals surface area contributed by atoms with Gasteiger partial charge in [0.1, 0.15) is 0 Å². The Bertz CT molecular complexity index is 648. The highest BCUT2D eigenvalue weighted by molar-refractivity contribution is 6.33. The second kappa shape index (κ2) is 4.98. The largest absolute Gasteiger partial charge is 0.399 e. The lowest BCUT2D eigenvalue weighted by molar-refractivity contribution is 0.331. The predicted molar refractivity (Wildman–Crippen MR) is 81.6 cm³/mol. The van der Waals surface area contributed by atoms with Crippen LogP contribution in [0.15, 0.2) is 18.2 Å². The minimum absolute atomic E-state index is 0.598. The van der Waals surface area contributed by atoms with Crippen LogP contribution in [0.5, 0.6) is 0 Å². The fourth-order valence-electron chi connectivity index (χ4n) is 3.16. The number of anilines is 1. The van der Waals surface area contributed by atoms with Gasteiger partial charge in [-0.1, -0.05) is 11.6 Å². The van der Waals surface area contributed by atoms with E-state index in [2.05, 4.69) is 15.5 Å². The van der Waals surface area contributed by atoms with E-state index in [9.17, 15) is 0 Å². The molecular weight excluding hydrogens is 286 g/mol. The maximum Gasteiger partial charge on any atom is 0.183 e. The van der Waals surface area contributed by atoms with E-state index >= 15 is 0 Å². The van der Waals surface area contributed by atoms with Crippen LogP contribution in [0.1, 0.15) is 25.7 Å². The molecule has 2 aliphatic carbocycles. The summed E-state index contributed by atoms with van der Waals surface area (Å²) in [4.78, 5) is 0. The van der Waals surface area contributed by atoms with Crippen LogP contribution in [0.25, 0.3) is 11.4 Å². The van der Waals surface area contributed by atoms with Crippen LogP contribution in [0.3, 0.4) is 0 Å². The zero-order chi connectivity index (χ0) is 14.4. The smallest absolute Gasteiger partial charge is 0.183 e. The van der Waals surface area contributed by atoms with E-state index in [-0.39, 0.29) is 0 Å². The Hall–Kier alpha value is -1.62. The van der Waals surface area contributed by atoms with Crippen LogP contribution in [-0.4, -0.2) is 20.2 Å². The molecular formula is C15H18ClN5. The van der Waals surface area contributed by atoms with Crippen LogP contribution in [0.4, 0.5) is 5.69 Å². The van der Waals surface area contributed by atoms with Gasteiger partial charge < -0.3 is 5.73 Å². The SMILES string of the molecule is Nc1ccc(-c2nnnn2CC(C2CC2)C2CC2)c(Cl)c1. The molecule has 0 amide bonds. The van der Waals surface area contributed by atoms with Crippen molar-refractivity contribution in [2.45, 2.75) is 32.2 Å². The third-order valence-electron chi connectivity index (χ3n) is 4.60. The molecule has 0 radical (unpaired) electrons. The molecule has 0 spiro atoms. The summed E-state index contributed by atoms with van der Waals surface area (Å²) >= 11 is 6.29. The molecule has 2 fully saturated rings. The first-order valence-corrected chi connectivity index (χ1v) is 7.92. The van der Waals surface area contributed by atoms with E-state index in [0.717, 1.165) is 35.7 Å². The average molecular weight is 304 g/mol. The molecule has 0 bridgehead atoms. The Morgan fingerprint density at radius 3 is 2.57 bits per heavy atom. The molecule has 0 atom stereocenters. The summed E-state index contributed by atoms with van der Waals surface area (Å²) in [6.07, 6.45) is 5.45. The van der Waals surface area contributed by atoms with Gasteiger partial charge in [-0.05, 0) is 72.1 Å². The summed E-state index contributed by atoms with van der Waals surface area (Å²) in [5, 5.41) is 12.8. The minimum Gasteiger partial charge on any atom is -0.399 e. The van der Waals surface area contributed by atoms with E-state index in [1.807, 2.05) is 16.8 Å². The number of hydrogen-bond acceptors (Lipinski definition) is 4. The summed E-state index contributed by atoms with van der Waals surface area (Å²) in [6.45, 7) is 0.901. The van der Waals surface area contributed by atoms with Gasteiger partial charge in [-0.15, -0.1) is 5.10 Å². The van der Waals surface area contributed by atoms with Gasteiger partial charge in [0.15, 0.2) is 5.82 Å². The first-order valence-electron chi connectivity index (χ1n) is 7.54. The number of benzene rings is 1. The first kappa shape index (κ1) is 13.1. The molecule has 1 aromatic carbocycles. The number of halogens is 1. The van der Waals surface area contributed by atoms with E-state index < -0.39 is 0 Å². The lowest BCUT2D eigenvalue weighted by atomic mass is 9.98. The van der Waals surface area contributed by atoms with E-state index in [1.165, 1.54) is 25.7 Å². The van der Waals surface area contributed by atoms with Gasteiger partial charge in [-0.25, -0.2) is 4.68 Å². The topological polar surface area (TPSA) is 69.6 Å². The van der Waals surface area contributed by atoms with Crippen molar-refractivity contribution >= 4 is 17.3 Å². The lowest BCUT2D eigenvalue weighted by Crippen LogP contribution is -2.17. The van der Waals surface area contributed by atoms with Gasteiger partial charge in [0.25, 0.3) is 0 Å². The zero-order valence-electron chi connectivity index (χ0n) is 11.7. The number of tetrazole rings is 1. The highest BCUT2D eigenvalue weighted by atomic mass is 35.5. The molecule has 21 heavy (non-hydrogen) atoms. The van der Waals surface area contributed by atoms with Crippen LogP contribution < -0.4 is 5.73 Å². The van der Waals surface area contributed by atoms with Crippen molar-refractivity contribution in [1.82, 2.24) is 20.2 Å². The predicted octanol–water partition coefficient (Wildman–Crippen LogP) is 3.01. The number of aromatic nitrogens is 4. The van der Waals surface area contributed by atoms with Crippen molar-refractivity contribution in [1.29, 1.82) is 0 Å². The maximum atomic E-state index is 6.29. The summed E-state index contributed by atoms with van der Waals surface area (Å²) < 4.78 is 1.92. The van der Waals surface area contributed by atoms with Gasteiger partial charge in [0.05, 0.1) is 5.02 Å². The second-order valence-electron chi connectivity index (χ2n) is 6.26. The molecule has 2 aromatic rings. The highest BCUT2D eigenvalue weighted by Gasteiger charge is 2.41. The van der Waals surface area contributed by atoms with Crippen molar-refractivity contribution in [2.75, 3.05) is 5.73 Å². The van der Waals surface area contributed by atoms with Crippen molar-refractivity contribution in [3.63, 3.8) is 0 Å². The molecule has 6 heteroatoms. The first-order chi connectivity index (χ1) is 10.2. The monoisotopic (exact) mass is 303 g/mol. The fraction of sp³-hybridized carbons (Fsp3) is 0.533. The van der Waals surface area contributed by atoms with Gasteiger partial charge in [0.2, 0.25) is 0 Å². The van der Waals surface area contributed by atoms with Crippen LogP contribution in [0, 0.1) is 17.8 Å². The third-order valence-corrected chi connectivity index (χ3v) is 4.92. The normalized spacial score (nSPS) is 18.4. The third kappa shape index (κ3) is 2.62. The summed E-state index contributed by atoms with van der Waals surface area (Å²) in [5.74, 6) is 3.21. The van der Waals surface area contributed by atoms with E-state index in [0.29, 0.717) is 10.7 Å². The molecule has 0 aliphatic heterocycles. The number of nitrogen functional groups attached to an aromatic ring is 1. The molecule has 1 aromatic heterocycles. The Balaban J connectivity index is 1.63. The minimum atomic E-state index is 0.598. The summed E-state index contributed by atoms with van der Waals surface area (Å²) in [7, 11) is 0. The van der Waals surface area contributed by atoms with Crippen LogP contribution in [0.2, 0.25) is 5.02 Å². The van der Waals surface area contributed by atoms with E-state index in [4.69, 9.17) is 17.3 Å². The quantitative estimate of drug-likeness (QED) is 0.862. The molecule has 5 nitrogen and oxygen atoms in total. The van der Waals surface area contributed by atoms with Crippen molar-refractivity contribution in [2.24, 2.45) is 17.8 Å². The Morgan fingerprint density at radius 1 is 1.24 bits per heavy atom. The second-order valence-corrected chi connectivity index (χ2v) is 6.67. The highest BCUT2D eigenvalue weighted by Crippen LogP contribution is 2.50. The lowest BCUT2D eigenvalue weighted by Gasteiger charge is -2.16. The molecule has 110 valence electrons. The van der Waals surface area contributed by atoms with Crippen LogP contribution >= 0.6 is 11.6 Å². The molecule has 2 aliphatic rings. The van der Waals surface area contributed by atoms with Gasteiger partial charge >= 0.3 is 0 Å². The molecule has 2 N–H and O–H groups in total. The molecule has 0 saturated heterocycles. The number of nitrogens with zero attached hydrogens (tertiary/aromatic N) is 4. The molecule has 0 unspecified atom stereocenters. The Labute approximate surface area is 128 Å². The van der Waals surface area contributed by atoms with Crippen LogP contribution in [-0.2, 0) is 6.54 Å². The molecule has 1 heterocycles. The van der Waals surface area contributed by atoms with E-state index in [1.54, 1.807) is 6.07 Å². The fourth-order valence-corrected chi connectivity index (χ4v) is 3.44. The Kier molecular flexibility index (Phi) is 3.10. The molecule has 4 rings (SSSR count). The van der Waals surface area contributed by atoms with Crippen molar-refractivity contribution in [3.05, 3.63) is 23.2 Å². The summed E-state index contributed by atoms with van der Waals surface area (Å²) in [6, 6.07) is 5.47. The molecule has 2 saturated carbocycles. The number of rotatable bonds is 5. The van der Waals surface area contributed by atoms with Crippen molar-refractivity contribution < 1.29 is 0 Å². The standard InChI is InChI=1S/C15H18ClN5/c16-14-7-11(17)5-6-12(14)15-18-19-20-21(15)8-13(9-1-2-9)10-3-4-10/h5-7,9-10,13H,1-4,8,17H2. The maximum absolute atomic E-state index is 6.29. The van der Waals surface area contributed by atoms with Crippen molar-refractivity contribution in [3.8, 4) is 11.4 Å². The van der Waals surface area contributed by atoms with Gasteiger partial charge in [-0.3, -0.25) is 0 Å². The zero-order valence-corrected chi connectivity index (χ0v) is 12.5. The van der Waals surface area contributed by atoms with Gasteiger partial charge in [-0.2, -0.15) is 0 Å². The average Bonchev–Trinajstić information content (AvgIpc) is 3.36. The van der Waals surface area contributed by atoms with Gasteiger partial charge in [0, 0.05) is 17.8 Å². The summed E-state index contributed by atoms with van der Waals surface area (Å²) in [5.41, 5.74) is 7.25. The number of hydrogen-bond donors (Lipinski definition) is 1.